The maximum atomic E-state index is 12.6. The van der Waals surface area contributed by atoms with Gasteiger partial charge in [0.05, 0.1) is 5.92 Å². The minimum Gasteiger partial charge on any atom is -0.378 e. The van der Waals surface area contributed by atoms with Gasteiger partial charge in [-0.1, -0.05) is 18.2 Å². The number of nitrogens with zero attached hydrogens (tertiary/aromatic N) is 2. The van der Waals surface area contributed by atoms with E-state index >= 15 is 0 Å². The summed E-state index contributed by atoms with van der Waals surface area (Å²) in [6.07, 6.45) is 0.176. The number of rotatable bonds is 6. The number of amides is 3. The number of benzene rings is 2. The molecule has 3 amide bonds. The molecule has 152 valence electrons. The molecule has 0 bridgehead atoms. The summed E-state index contributed by atoms with van der Waals surface area (Å²) in [5, 5.41) is 5.64. The largest absolute Gasteiger partial charge is 0.378 e. The average Bonchev–Trinajstić information content (AvgIpc) is 3.08. The zero-order valence-corrected chi connectivity index (χ0v) is 16.9. The summed E-state index contributed by atoms with van der Waals surface area (Å²) in [5.41, 5.74) is 3.40. The van der Waals surface area contributed by atoms with Gasteiger partial charge in [0.2, 0.25) is 17.7 Å². The SMILES string of the molecule is CC(=O)Nc1cccc(N2C[C@H](C(=O)NCc3ccc(N(C)C)cc3)CC2=O)c1. The maximum absolute atomic E-state index is 12.6. The number of nitrogens with one attached hydrogen (secondary N) is 2. The maximum Gasteiger partial charge on any atom is 0.227 e. The molecule has 0 aromatic heterocycles. The van der Waals surface area contributed by atoms with Crippen LogP contribution in [-0.2, 0) is 20.9 Å². The Labute approximate surface area is 170 Å². The molecule has 0 aliphatic carbocycles. The van der Waals surface area contributed by atoms with Crippen molar-refractivity contribution in [2.45, 2.75) is 19.9 Å². The summed E-state index contributed by atoms with van der Waals surface area (Å²) < 4.78 is 0. The summed E-state index contributed by atoms with van der Waals surface area (Å²) in [4.78, 5) is 39.9. The molecule has 1 saturated heterocycles. The Hall–Kier alpha value is -3.35. The van der Waals surface area contributed by atoms with Gasteiger partial charge < -0.3 is 20.4 Å². The normalized spacial score (nSPS) is 15.9. The van der Waals surface area contributed by atoms with E-state index in [4.69, 9.17) is 0 Å². The summed E-state index contributed by atoms with van der Waals surface area (Å²) in [5.74, 6) is -0.797. The van der Waals surface area contributed by atoms with Gasteiger partial charge in [0.1, 0.15) is 0 Å². The highest BCUT2D eigenvalue weighted by Crippen LogP contribution is 2.27. The lowest BCUT2D eigenvalue weighted by Crippen LogP contribution is -2.32. The van der Waals surface area contributed by atoms with E-state index in [1.807, 2.05) is 43.3 Å². The Bertz CT molecular complexity index is 909. The monoisotopic (exact) mass is 394 g/mol. The van der Waals surface area contributed by atoms with Crippen LogP contribution in [0.3, 0.4) is 0 Å². The zero-order valence-electron chi connectivity index (χ0n) is 16.9. The van der Waals surface area contributed by atoms with Gasteiger partial charge in [-0.2, -0.15) is 0 Å². The molecule has 1 aliphatic rings. The van der Waals surface area contributed by atoms with Crippen molar-refractivity contribution in [2.75, 3.05) is 35.8 Å². The number of carbonyl (C=O) groups is 3. The molecule has 7 nitrogen and oxygen atoms in total. The number of carbonyl (C=O) groups excluding carboxylic acids is 3. The second-order valence-electron chi connectivity index (χ2n) is 7.42. The van der Waals surface area contributed by atoms with Crippen LogP contribution < -0.4 is 20.4 Å². The fourth-order valence-corrected chi connectivity index (χ4v) is 3.33. The molecule has 2 aromatic carbocycles. The molecule has 3 rings (SSSR count). The van der Waals surface area contributed by atoms with Crippen molar-refractivity contribution < 1.29 is 14.4 Å². The minimum absolute atomic E-state index is 0.0968. The van der Waals surface area contributed by atoms with Gasteiger partial charge in [0.25, 0.3) is 0 Å². The third kappa shape index (κ3) is 5.13. The van der Waals surface area contributed by atoms with E-state index in [-0.39, 0.29) is 24.1 Å². The molecular weight excluding hydrogens is 368 g/mol. The highest BCUT2D eigenvalue weighted by Gasteiger charge is 2.35. The lowest BCUT2D eigenvalue weighted by atomic mass is 10.1. The van der Waals surface area contributed by atoms with E-state index in [9.17, 15) is 14.4 Å². The van der Waals surface area contributed by atoms with E-state index in [1.165, 1.54) is 6.92 Å². The molecule has 1 fully saturated rings. The Morgan fingerprint density at radius 1 is 1.14 bits per heavy atom. The Morgan fingerprint density at radius 2 is 1.86 bits per heavy atom. The lowest BCUT2D eigenvalue weighted by molar-refractivity contribution is -0.126. The number of anilines is 3. The van der Waals surface area contributed by atoms with E-state index < -0.39 is 5.92 Å². The van der Waals surface area contributed by atoms with Crippen molar-refractivity contribution in [3.05, 3.63) is 54.1 Å². The third-order valence-electron chi connectivity index (χ3n) is 4.89. The van der Waals surface area contributed by atoms with Crippen LogP contribution in [0.4, 0.5) is 17.1 Å². The van der Waals surface area contributed by atoms with Gasteiger partial charge in [-0.25, -0.2) is 0 Å². The minimum atomic E-state index is -0.395. The molecular formula is C22H26N4O3. The number of hydrogen-bond acceptors (Lipinski definition) is 4. The highest BCUT2D eigenvalue weighted by atomic mass is 16.2. The molecule has 2 N–H and O–H groups in total. The van der Waals surface area contributed by atoms with Crippen LogP contribution in [0.2, 0.25) is 0 Å². The zero-order chi connectivity index (χ0) is 21.0. The van der Waals surface area contributed by atoms with E-state index in [2.05, 4.69) is 10.6 Å². The predicted octanol–water partition coefficient (Wildman–Crippen LogP) is 2.38. The summed E-state index contributed by atoms with van der Waals surface area (Å²) in [7, 11) is 3.96. The number of hydrogen-bond donors (Lipinski definition) is 2. The van der Waals surface area contributed by atoms with Crippen LogP contribution in [-0.4, -0.2) is 38.4 Å². The molecule has 1 atom stereocenters. The summed E-state index contributed by atoms with van der Waals surface area (Å²) in [6, 6.07) is 15.1. The van der Waals surface area contributed by atoms with Gasteiger partial charge in [-0.15, -0.1) is 0 Å². The Kier molecular flexibility index (Phi) is 6.16. The van der Waals surface area contributed by atoms with Gasteiger partial charge in [-0.05, 0) is 35.9 Å². The first kappa shape index (κ1) is 20.4. The first-order valence-corrected chi connectivity index (χ1v) is 9.55. The smallest absolute Gasteiger partial charge is 0.227 e. The molecule has 0 radical (unpaired) electrons. The summed E-state index contributed by atoms with van der Waals surface area (Å²) >= 11 is 0. The average molecular weight is 394 g/mol. The van der Waals surface area contributed by atoms with Crippen molar-refractivity contribution in [1.29, 1.82) is 0 Å². The third-order valence-corrected chi connectivity index (χ3v) is 4.89. The molecule has 1 aliphatic heterocycles. The van der Waals surface area contributed by atoms with E-state index in [0.29, 0.717) is 24.5 Å². The molecule has 1 heterocycles. The molecule has 7 heteroatoms. The van der Waals surface area contributed by atoms with Gasteiger partial charge in [-0.3, -0.25) is 14.4 Å². The standard InChI is InChI=1S/C22H26N4O3/c1-15(27)24-18-5-4-6-20(12-18)26-14-17(11-21(26)28)22(29)23-13-16-7-9-19(10-8-16)25(2)3/h4-10,12,17H,11,13-14H2,1-3H3,(H,23,29)(H,24,27)/t17-/m1/s1. The van der Waals surface area contributed by atoms with Crippen LogP contribution in [0.1, 0.15) is 18.9 Å². The first-order valence-electron chi connectivity index (χ1n) is 9.55. The van der Waals surface area contributed by atoms with Crippen molar-refractivity contribution in [3.8, 4) is 0 Å². The van der Waals surface area contributed by atoms with Crippen LogP contribution in [0.25, 0.3) is 0 Å². The fourth-order valence-electron chi connectivity index (χ4n) is 3.33. The quantitative estimate of drug-likeness (QED) is 0.788. The predicted molar refractivity (Wildman–Crippen MR) is 114 cm³/mol. The van der Waals surface area contributed by atoms with Crippen molar-refractivity contribution in [1.82, 2.24) is 5.32 Å². The van der Waals surface area contributed by atoms with Crippen molar-refractivity contribution >= 4 is 34.8 Å². The van der Waals surface area contributed by atoms with Crippen LogP contribution >= 0.6 is 0 Å². The Balaban J connectivity index is 1.59. The molecule has 0 spiro atoms. The van der Waals surface area contributed by atoms with Gasteiger partial charge in [0.15, 0.2) is 0 Å². The fraction of sp³-hybridized carbons (Fsp3) is 0.318. The Morgan fingerprint density at radius 3 is 2.52 bits per heavy atom. The summed E-state index contributed by atoms with van der Waals surface area (Å²) in [6.45, 7) is 2.19. The molecule has 29 heavy (non-hydrogen) atoms. The van der Waals surface area contributed by atoms with Crippen LogP contribution in [0.5, 0.6) is 0 Å². The van der Waals surface area contributed by atoms with Crippen molar-refractivity contribution in [2.24, 2.45) is 5.92 Å². The van der Waals surface area contributed by atoms with Gasteiger partial charge in [0, 0.05) is 57.6 Å². The van der Waals surface area contributed by atoms with Crippen LogP contribution in [0, 0.1) is 5.92 Å². The highest BCUT2D eigenvalue weighted by molar-refractivity contribution is 6.01. The molecule has 0 saturated carbocycles. The van der Waals surface area contributed by atoms with E-state index in [0.717, 1.165) is 11.3 Å². The van der Waals surface area contributed by atoms with Gasteiger partial charge >= 0.3 is 0 Å². The molecule has 2 aromatic rings. The molecule has 0 unspecified atom stereocenters. The van der Waals surface area contributed by atoms with Crippen LogP contribution in [0.15, 0.2) is 48.5 Å². The van der Waals surface area contributed by atoms with Crippen molar-refractivity contribution in [3.63, 3.8) is 0 Å². The second-order valence-corrected chi connectivity index (χ2v) is 7.42. The first-order chi connectivity index (χ1) is 13.8. The lowest BCUT2D eigenvalue weighted by Gasteiger charge is -2.18. The van der Waals surface area contributed by atoms with E-state index in [1.54, 1.807) is 29.2 Å². The second kappa shape index (κ2) is 8.77. The topological polar surface area (TPSA) is 81.8 Å².